The van der Waals surface area contributed by atoms with E-state index in [0.717, 1.165) is 13.2 Å². The monoisotopic (exact) mass is 565 g/mol. The second kappa shape index (κ2) is 9.70. The number of alkyl halides is 12. The normalized spacial score (nSPS) is 13.2. The van der Waals surface area contributed by atoms with E-state index in [-0.39, 0.29) is 42.3 Å². The van der Waals surface area contributed by atoms with Crippen LogP contribution in [0.25, 0.3) is 0 Å². The molecule has 0 saturated carbocycles. The first-order valence-electron chi connectivity index (χ1n) is 9.71. The Morgan fingerprint density at radius 1 is 0.568 bits per heavy atom. The van der Waals surface area contributed by atoms with Crippen molar-refractivity contribution in [3.63, 3.8) is 0 Å². The summed E-state index contributed by atoms with van der Waals surface area (Å²) in [6.45, 7) is 0. The quantitative estimate of drug-likeness (QED) is 0.253. The van der Waals surface area contributed by atoms with Gasteiger partial charge in [-0.05, 0) is 53.1 Å². The average Bonchev–Trinajstić information content (AvgIpc) is 2.77. The maximum Gasteiger partial charge on any atom is 0.416 e. The van der Waals surface area contributed by atoms with E-state index in [4.69, 9.17) is 4.74 Å². The van der Waals surface area contributed by atoms with Crippen LogP contribution in [0, 0.1) is 0 Å². The highest BCUT2D eigenvalue weighted by Crippen LogP contribution is 2.42. The number of ether oxygens (including phenoxy) is 1. The van der Waals surface area contributed by atoms with Gasteiger partial charge in [-0.15, -0.1) is 0 Å². The molecular formula is C22H12F12NOP. The van der Waals surface area contributed by atoms with Gasteiger partial charge in [0.25, 0.3) is 0 Å². The smallest absolute Gasteiger partial charge is 0.416 e. The lowest BCUT2D eigenvalue weighted by Gasteiger charge is -2.23. The van der Waals surface area contributed by atoms with Gasteiger partial charge in [0, 0.05) is 14.0 Å². The van der Waals surface area contributed by atoms with Crippen molar-refractivity contribution in [2.24, 2.45) is 0 Å². The fourth-order valence-corrected chi connectivity index (χ4v) is 5.52. The van der Waals surface area contributed by atoms with E-state index in [1.165, 1.54) is 12.1 Å². The number of hydrogen-bond donors (Lipinski definition) is 0. The molecule has 0 N–H and O–H groups in total. The van der Waals surface area contributed by atoms with Gasteiger partial charge in [0.2, 0.25) is 5.88 Å². The molecule has 0 bridgehead atoms. The highest BCUT2D eigenvalue weighted by atomic mass is 31.1. The molecule has 3 aromatic rings. The van der Waals surface area contributed by atoms with E-state index in [1.54, 1.807) is 0 Å². The average molecular weight is 565 g/mol. The summed E-state index contributed by atoms with van der Waals surface area (Å²) in [6, 6.07) is 4.03. The van der Waals surface area contributed by atoms with Crippen LogP contribution in [0.3, 0.4) is 0 Å². The summed E-state index contributed by atoms with van der Waals surface area (Å²) >= 11 is 0. The Morgan fingerprint density at radius 3 is 1.22 bits per heavy atom. The number of rotatable bonds is 4. The molecule has 3 rings (SSSR count). The molecular weight excluding hydrogens is 553 g/mol. The fraction of sp³-hybridized carbons (Fsp3) is 0.227. The zero-order valence-corrected chi connectivity index (χ0v) is 18.9. The Morgan fingerprint density at radius 2 is 0.919 bits per heavy atom. The molecule has 0 radical (unpaired) electrons. The Labute approximate surface area is 201 Å². The minimum absolute atomic E-state index is 0.205. The van der Waals surface area contributed by atoms with E-state index in [9.17, 15) is 52.7 Å². The summed E-state index contributed by atoms with van der Waals surface area (Å²) < 4.78 is 167. The topological polar surface area (TPSA) is 22.1 Å². The molecule has 15 heteroatoms. The van der Waals surface area contributed by atoms with Gasteiger partial charge < -0.3 is 4.74 Å². The third-order valence-electron chi connectivity index (χ3n) is 4.81. The third-order valence-corrected chi connectivity index (χ3v) is 7.06. The molecule has 0 aliphatic carbocycles. The Hall–Kier alpha value is -3.02. The summed E-state index contributed by atoms with van der Waals surface area (Å²) in [5.41, 5.74) is -7.58. The highest BCUT2D eigenvalue weighted by Gasteiger charge is 2.40. The van der Waals surface area contributed by atoms with Gasteiger partial charge in [-0.2, -0.15) is 52.7 Å². The number of pyridine rings is 1. The fourth-order valence-electron chi connectivity index (χ4n) is 3.19. The largest absolute Gasteiger partial charge is 0.481 e. The van der Waals surface area contributed by atoms with Crippen LogP contribution in [0.5, 0.6) is 5.88 Å². The minimum atomic E-state index is -5.32. The first-order valence-corrected chi connectivity index (χ1v) is 11.0. The lowest BCUT2D eigenvalue weighted by Crippen LogP contribution is -2.27. The van der Waals surface area contributed by atoms with Gasteiger partial charge in [0.15, 0.2) is 0 Å². The Bertz CT molecular complexity index is 1140. The standard InChI is InChI=1S/C22H12F12NOP/c1-36-17-3-2-4-18(35-17)37(15-7-11(19(23,24)25)5-12(8-15)20(26,27)28)16-9-13(21(29,30)31)6-14(10-16)22(32,33)34/h2-10H,1H3. The second-order valence-electron chi connectivity index (χ2n) is 7.40. The van der Waals surface area contributed by atoms with Crippen molar-refractivity contribution in [2.75, 3.05) is 7.11 Å². The molecule has 2 nitrogen and oxygen atoms in total. The second-order valence-corrected chi connectivity index (χ2v) is 9.56. The van der Waals surface area contributed by atoms with Crippen LogP contribution in [0.1, 0.15) is 22.3 Å². The van der Waals surface area contributed by atoms with Crippen molar-refractivity contribution in [2.45, 2.75) is 24.7 Å². The number of aromatic nitrogens is 1. The molecule has 0 fully saturated rings. The lowest BCUT2D eigenvalue weighted by atomic mass is 10.1. The SMILES string of the molecule is COc1cccc(P(c2cc(C(F)(F)F)cc(C(F)(F)F)c2)c2cc(C(F)(F)F)cc(C(F)(F)F)c2)n1. The zero-order valence-electron chi connectivity index (χ0n) is 18.0. The number of hydrogen-bond acceptors (Lipinski definition) is 2. The molecule has 0 aliphatic heterocycles. The zero-order chi connectivity index (χ0) is 28.0. The lowest BCUT2D eigenvalue weighted by molar-refractivity contribution is -0.144. The predicted molar refractivity (Wildman–Crippen MR) is 110 cm³/mol. The third kappa shape index (κ3) is 6.65. The summed E-state index contributed by atoms with van der Waals surface area (Å²) in [5, 5.41) is -1.66. The molecule has 0 atom stereocenters. The van der Waals surface area contributed by atoms with Gasteiger partial charge >= 0.3 is 24.7 Å². The van der Waals surface area contributed by atoms with Crippen molar-refractivity contribution in [1.82, 2.24) is 4.98 Å². The molecule has 0 aliphatic rings. The van der Waals surface area contributed by atoms with Crippen LogP contribution >= 0.6 is 7.92 Å². The number of methoxy groups -OCH3 is 1. The van der Waals surface area contributed by atoms with Gasteiger partial charge in [-0.25, -0.2) is 4.98 Å². The summed E-state index contributed by atoms with van der Waals surface area (Å²) in [4.78, 5) is 3.89. The van der Waals surface area contributed by atoms with Crippen LogP contribution in [-0.2, 0) is 24.7 Å². The van der Waals surface area contributed by atoms with Gasteiger partial charge in [0.1, 0.15) is 0 Å². The first kappa shape index (κ1) is 28.5. The molecule has 2 aromatic carbocycles. The molecule has 0 amide bonds. The highest BCUT2D eigenvalue weighted by molar-refractivity contribution is 7.79. The van der Waals surface area contributed by atoms with E-state index >= 15 is 0 Å². The summed E-state index contributed by atoms with van der Waals surface area (Å²) in [7, 11) is -1.81. The van der Waals surface area contributed by atoms with E-state index in [0.29, 0.717) is 0 Å². The molecule has 1 aromatic heterocycles. The molecule has 1 heterocycles. The Kier molecular flexibility index (Phi) is 7.48. The van der Waals surface area contributed by atoms with E-state index in [2.05, 4.69) is 4.98 Å². The minimum Gasteiger partial charge on any atom is -0.481 e. The molecule has 37 heavy (non-hydrogen) atoms. The van der Waals surface area contributed by atoms with Gasteiger partial charge in [0.05, 0.1) is 34.8 Å². The summed E-state index contributed by atoms with van der Waals surface area (Å²) in [5.74, 6) is -0.226. The first-order chi connectivity index (χ1) is 16.8. The maximum atomic E-state index is 13.5. The molecule has 0 saturated heterocycles. The Balaban J connectivity index is 2.45. The maximum absolute atomic E-state index is 13.5. The van der Waals surface area contributed by atoms with Crippen molar-refractivity contribution in [3.8, 4) is 5.88 Å². The molecule has 0 unspecified atom stereocenters. The van der Waals surface area contributed by atoms with Crippen LogP contribution < -0.4 is 20.8 Å². The number of halogens is 12. The van der Waals surface area contributed by atoms with E-state index in [1.807, 2.05) is 0 Å². The number of benzene rings is 2. The van der Waals surface area contributed by atoms with Crippen LogP contribution in [-0.4, -0.2) is 12.1 Å². The van der Waals surface area contributed by atoms with Crippen LogP contribution in [0.4, 0.5) is 52.7 Å². The van der Waals surface area contributed by atoms with Crippen LogP contribution in [0.2, 0.25) is 0 Å². The van der Waals surface area contributed by atoms with Crippen molar-refractivity contribution < 1.29 is 57.4 Å². The van der Waals surface area contributed by atoms with Crippen molar-refractivity contribution in [1.29, 1.82) is 0 Å². The number of nitrogens with zero attached hydrogens (tertiary/aromatic N) is 1. The van der Waals surface area contributed by atoms with E-state index < -0.39 is 70.9 Å². The predicted octanol–water partition coefficient (Wildman–Crippen LogP) is 6.92. The molecule has 0 spiro atoms. The summed E-state index contributed by atoms with van der Waals surface area (Å²) in [6.07, 6.45) is -21.3. The van der Waals surface area contributed by atoms with Crippen molar-refractivity contribution in [3.05, 3.63) is 76.9 Å². The molecule has 200 valence electrons. The van der Waals surface area contributed by atoms with Crippen molar-refractivity contribution >= 4 is 24.0 Å². The van der Waals surface area contributed by atoms with Gasteiger partial charge in [-0.1, -0.05) is 6.07 Å². The van der Waals surface area contributed by atoms with Crippen LogP contribution in [0.15, 0.2) is 54.6 Å². The van der Waals surface area contributed by atoms with Gasteiger partial charge in [-0.3, -0.25) is 0 Å².